The van der Waals surface area contributed by atoms with E-state index < -0.39 is 0 Å². The number of para-hydroxylation sites is 1. The number of nitrogens with zero attached hydrogens (tertiary/aromatic N) is 3. The first kappa shape index (κ1) is 17.2. The molecule has 0 atom stereocenters. The van der Waals surface area contributed by atoms with Crippen molar-refractivity contribution in [2.45, 2.75) is 25.8 Å². The molecule has 3 heterocycles. The minimum Gasteiger partial charge on any atom is -0.371 e. The zero-order valence-electron chi connectivity index (χ0n) is 16.1. The highest BCUT2D eigenvalue weighted by atomic mass is 16.2. The van der Waals surface area contributed by atoms with E-state index in [1.807, 2.05) is 12.3 Å². The molecule has 28 heavy (non-hydrogen) atoms. The number of rotatable bonds is 2. The van der Waals surface area contributed by atoms with Gasteiger partial charge < -0.3 is 9.80 Å². The van der Waals surface area contributed by atoms with Crippen LogP contribution in [0.2, 0.25) is 0 Å². The van der Waals surface area contributed by atoms with Gasteiger partial charge in [0.05, 0.1) is 5.52 Å². The first-order valence-corrected chi connectivity index (χ1v) is 10.2. The van der Waals surface area contributed by atoms with E-state index in [4.69, 9.17) is 0 Å². The van der Waals surface area contributed by atoms with Gasteiger partial charge in [-0.1, -0.05) is 42.5 Å². The Bertz CT molecular complexity index is 1000. The molecule has 3 aromatic rings. The lowest BCUT2D eigenvalue weighted by atomic mass is 9.92. The molecule has 1 aromatic heterocycles. The lowest BCUT2D eigenvalue weighted by Crippen LogP contribution is -2.44. The normalized spacial score (nSPS) is 17.6. The molecule has 1 amide bonds. The third-order valence-corrected chi connectivity index (χ3v) is 6.25. The van der Waals surface area contributed by atoms with Crippen molar-refractivity contribution in [3.05, 3.63) is 71.9 Å². The average Bonchev–Trinajstić information content (AvgIpc) is 2.78. The van der Waals surface area contributed by atoms with Gasteiger partial charge in [0.2, 0.25) is 5.91 Å². The second kappa shape index (κ2) is 7.27. The lowest BCUT2D eigenvalue weighted by molar-refractivity contribution is -0.137. The fourth-order valence-corrected chi connectivity index (χ4v) is 4.67. The lowest BCUT2D eigenvalue weighted by Gasteiger charge is -2.37. The van der Waals surface area contributed by atoms with Gasteiger partial charge in [0.1, 0.15) is 0 Å². The van der Waals surface area contributed by atoms with Gasteiger partial charge in [0, 0.05) is 49.4 Å². The van der Waals surface area contributed by atoms with Crippen molar-refractivity contribution in [1.29, 1.82) is 0 Å². The van der Waals surface area contributed by atoms with E-state index in [1.54, 1.807) is 0 Å². The van der Waals surface area contributed by atoms with Crippen LogP contribution in [-0.2, 0) is 17.8 Å². The zero-order valence-corrected chi connectivity index (χ0v) is 16.1. The summed E-state index contributed by atoms with van der Waals surface area (Å²) in [5.41, 5.74) is 4.97. The molecule has 2 aliphatic heterocycles. The monoisotopic (exact) mass is 371 g/mol. The van der Waals surface area contributed by atoms with E-state index in [0.29, 0.717) is 5.91 Å². The summed E-state index contributed by atoms with van der Waals surface area (Å²) in [6.07, 6.45) is 4.71. The largest absolute Gasteiger partial charge is 0.371 e. The van der Waals surface area contributed by atoms with E-state index in [9.17, 15) is 4.79 Å². The Morgan fingerprint density at radius 3 is 2.50 bits per heavy atom. The van der Waals surface area contributed by atoms with Crippen molar-refractivity contribution >= 4 is 22.5 Å². The number of carbonyl (C=O) groups is 1. The quantitative estimate of drug-likeness (QED) is 0.682. The molecule has 0 unspecified atom stereocenters. The van der Waals surface area contributed by atoms with E-state index >= 15 is 0 Å². The number of fused-ring (bicyclic) bond motifs is 2. The summed E-state index contributed by atoms with van der Waals surface area (Å²) in [7, 11) is 0. The molecule has 5 rings (SSSR count). The third kappa shape index (κ3) is 3.13. The molecular formula is C24H25N3O. The molecule has 2 aromatic carbocycles. The van der Waals surface area contributed by atoms with E-state index in [0.717, 1.165) is 51.0 Å². The molecule has 1 fully saturated rings. The van der Waals surface area contributed by atoms with Crippen LogP contribution >= 0.6 is 0 Å². The van der Waals surface area contributed by atoms with Crippen LogP contribution in [-0.4, -0.2) is 35.4 Å². The molecule has 142 valence electrons. The minimum absolute atomic E-state index is 0.148. The molecular weight excluding hydrogens is 346 g/mol. The van der Waals surface area contributed by atoms with Crippen molar-refractivity contribution in [3.63, 3.8) is 0 Å². The number of benzene rings is 2. The van der Waals surface area contributed by atoms with E-state index in [-0.39, 0.29) is 5.92 Å². The highest BCUT2D eigenvalue weighted by molar-refractivity contribution is 5.91. The topological polar surface area (TPSA) is 36.4 Å². The van der Waals surface area contributed by atoms with Crippen molar-refractivity contribution in [1.82, 2.24) is 9.88 Å². The molecule has 4 heteroatoms. The minimum atomic E-state index is 0.148. The molecule has 0 spiro atoms. The molecule has 4 nitrogen and oxygen atoms in total. The number of piperidine rings is 1. The predicted molar refractivity (Wildman–Crippen MR) is 112 cm³/mol. The van der Waals surface area contributed by atoms with Crippen LogP contribution in [0.15, 0.2) is 60.8 Å². The summed E-state index contributed by atoms with van der Waals surface area (Å²) >= 11 is 0. The molecule has 0 radical (unpaired) electrons. The Morgan fingerprint density at radius 2 is 1.64 bits per heavy atom. The Morgan fingerprint density at radius 1 is 0.893 bits per heavy atom. The van der Waals surface area contributed by atoms with E-state index in [1.165, 1.54) is 22.2 Å². The summed E-state index contributed by atoms with van der Waals surface area (Å²) in [6, 6.07) is 18.9. The summed E-state index contributed by atoms with van der Waals surface area (Å²) in [5, 5.41) is 1.20. The number of pyridine rings is 1. The molecule has 0 N–H and O–H groups in total. The van der Waals surface area contributed by atoms with Crippen LogP contribution in [0.1, 0.15) is 24.0 Å². The third-order valence-electron chi connectivity index (χ3n) is 6.25. The van der Waals surface area contributed by atoms with Crippen LogP contribution in [0.4, 0.5) is 5.69 Å². The highest BCUT2D eigenvalue weighted by Crippen LogP contribution is 2.30. The maximum atomic E-state index is 13.1. The van der Waals surface area contributed by atoms with Gasteiger partial charge in [-0.3, -0.25) is 9.78 Å². The Labute approximate surface area is 165 Å². The van der Waals surface area contributed by atoms with Gasteiger partial charge in [0.15, 0.2) is 0 Å². The Kier molecular flexibility index (Phi) is 4.47. The second-order valence-electron chi connectivity index (χ2n) is 7.89. The molecule has 1 saturated heterocycles. The second-order valence-corrected chi connectivity index (χ2v) is 7.89. The number of hydrogen-bond acceptors (Lipinski definition) is 3. The van der Waals surface area contributed by atoms with Gasteiger partial charge >= 0.3 is 0 Å². The summed E-state index contributed by atoms with van der Waals surface area (Å²) in [6.45, 7) is 3.47. The zero-order chi connectivity index (χ0) is 18.9. The van der Waals surface area contributed by atoms with Gasteiger partial charge in [0.25, 0.3) is 0 Å². The summed E-state index contributed by atoms with van der Waals surface area (Å²) in [5.74, 6) is 0.489. The number of aromatic nitrogens is 1. The highest BCUT2D eigenvalue weighted by Gasteiger charge is 2.30. The van der Waals surface area contributed by atoms with Gasteiger partial charge in [-0.25, -0.2) is 0 Å². The Hall–Kier alpha value is -2.88. The Balaban J connectivity index is 1.27. The molecule has 0 aliphatic carbocycles. The van der Waals surface area contributed by atoms with Crippen molar-refractivity contribution in [3.8, 4) is 0 Å². The molecule has 0 bridgehead atoms. The SMILES string of the molecule is O=C(C1CCN(c2ccnc3ccccc23)CC1)N1CCc2ccccc2C1. The molecule has 0 saturated carbocycles. The van der Waals surface area contributed by atoms with E-state index in [2.05, 4.69) is 63.3 Å². The summed E-state index contributed by atoms with van der Waals surface area (Å²) in [4.78, 5) is 22.1. The predicted octanol–water partition coefficient (Wildman–Crippen LogP) is 4.04. The van der Waals surface area contributed by atoms with Crippen LogP contribution in [0.25, 0.3) is 10.9 Å². The first-order valence-electron chi connectivity index (χ1n) is 10.2. The fraction of sp³-hybridized carbons (Fsp3) is 0.333. The molecule has 2 aliphatic rings. The van der Waals surface area contributed by atoms with Gasteiger partial charge in [-0.2, -0.15) is 0 Å². The first-order chi connectivity index (χ1) is 13.8. The fourth-order valence-electron chi connectivity index (χ4n) is 4.67. The number of carbonyl (C=O) groups excluding carboxylic acids is 1. The van der Waals surface area contributed by atoms with Crippen molar-refractivity contribution in [2.24, 2.45) is 5.92 Å². The summed E-state index contributed by atoms with van der Waals surface area (Å²) < 4.78 is 0. The van der Waals surface area contributed by atoms with Crippen molar-refractivity contribution < 1.29 is 4.79 Å². The average molecular weight is 371 g/mol. The smallest absolute Gasteiger partial charge is 0.226 e. The van der Waals surface area contributed by atoms with Crippen molar-refractivity contribution in [2.75, 3.05) is 24.5 Å². The van der Waals surface area contributed by atoms with Crippen LogP contribution < -0.4 is 4.90 Å². The number of hydrogen-bond donors (Lipinski definition) is 0. The maximum Gasteiger partial charge on any atom is 0.226 e. The standard InChI is InChI=1S/C24H25N3O/c28-24(27-16-10-18-5-1-2-6-20(18)17-27)19-11-14-26(15-12-19)23-9-13-25-22-8-4-3-7-21(22)23/h1-9,13,19H,10-12,14-17H2. The van der Waals surface area contributed by atoms with Crippen LogP contribution in [0.5, 0.6) is 0 Å². The van der Waals surface area contributed by atoms with Crippen LogP contribution in [0, 0.1) is 5.92 Å². The van der Waals surface area contributed by atoms with Gasteiger partial charge in [-0.15, -0.1) is 0 Å². The van der Waals surface area contributed by atoms with Gasteiger partial charge in [-0.05, 0) is 42.5 Å². The number of amides is 1. The maximum absolute atomic E-state index is 13.1. The van der Waals surface area contributed by atoms with Crippen LogP contribution in [0.3, 0.4) is 0 Å². The number of anilines is 1.